The van der Waals surface area contributed by atoms with Gasteiger partial charge in [-0.1, -0.05) is 38.5 Å². The van der Waals surface area contributed by atoms with Gasteiger partial charge in [0, 0.05) is 13.2 Å². The summed E-state index contributed by atoms with van der Waals surface area (Å²) in [6.45, 7) is 0.701. The molecule has 0 aromatic rings. The largest absolute Gasteiger partial charge is 0.396 e. The van der Waals surface area contributed by atoms with Crippen molar-refractivity contribution in [1.29, 1.82) is 0 Å². The van der Waals surface area contributed by atoms with Crippen molar-refractivity contribution in [2.75, 3.05) is 13.2 Å². The maximum absolute atomic E-state index is 8.80. The number of hydrogen-bond acceptors (Lipinski definition) is 2. The first kappa shape index (κ1) is 15.0. The lowest BCUT2D eigenvalue weighted by Crippen LogP contribution is -2.16. The van der Waals surface area contributed by atoms with Gasteiger partial charge in [0.05, 0.1) is 0 Å². The summed E-state index contributed by atoms with van der Waals surface area (Å²) < 4.78 is 0. The molecule has 1 aliphatic carbocycles. The van der Waals surface area contributed by atoms with Crippen LogP contribution in [-0.2, 0) is 0 Å². The third-order valence-corrected chi connectivity index (χ3v) is 4.39. The molecule has 1 aliphatic rings. The first-order valence-electron chi connectivity index (χ1n) is 7.55. The summed E-state index contributed by atoms with van der Waals surface area (Å²) in [4.78, 5) is 0. The zero-order chi connectivity index (χ0) is 12.4. The van der Waals surface area contributed by atoms with Gasteiger partial charge in [-0.25, -0.2) is 0 Å². The van der Waals surface area contributed by atoms with Crippen LogP contribution >= 0.6 is 0 Å². The number of hydrogen-bond donors (Lipinski definition) is 2. The molecular weight excluding hydrogens is 212 g/mol. The normalized spacial score (nSPS) is 18.7. The SMILES string of the molecule is OCCCCCC1(CCCCCO)CCCC1. The van der Waals surface area contributed by atoms with E-state index in [-0.39, 0.29) is 0 Å². The summed E-state index contributed by atoms with van der Waals surface area (Å²) >= 11 is 0. The Kier molecular flexibility index (Phi) is 7.87. The van der Waals surface area contributed by atoms with E-state index in [9.17, 15) is 0 Å². The van der Waals surface area contributed by atoms with E-state index in [1.165, 1.54) is 64.2 Å². The predicted molar refractivity (Wildman–Crippen MR) is 72.0 cm³/mol. The standard InChI is InChI=1S/C15H30O2/c16-13-7-1-3-9-15(11-5-6-12-15)10-4-2-8-14-17/h16-17H,1-14H2. The molecule has 0 bridgehead atoms. The molecule has 0 radical (unpaired) electrons. The summed E-state index contributed by atoms with van der Waals surface area (Å²) in [5.74, 6) is 0. The fourth-order valence-electron chi connectivity index (χ4n) is 3.33. The van der Waals surface area contributed by atoms with Crippen molar-refractivity contribution in [2.45, 2.75) is 77.0 Å². The molecule has 0 aromatic heterocycles. The smallest absolute Gasteiger partial charge is 0.0431 e. The van der Waals surface area contributed by atoms with Gasteiger partial charge in [-0.15, -0.1) is 0 Å². The number of unbranched alkanes of at least 4 members (excludes halogenated alkanes) is 4. The Morgan fingerprint density at radius 2 is 1.12 bits per heavy atom. The lowest BCUT2D eigenvalue weighted by Gasteiger charge is -2.29. The lowest BCUT2D eigenvalue weighted by molar-refractivity contribution is 0.217. The van der Waals surface area contributed by atoms with Gasteiger partial charge in [0.1, 0.15) is 0 Å². The van der Waals surface area contributed by atoms with E-state index < -0.39 is 0 Å². The number of rotatable bonds is 10. The summed E-state index contributed by atoms with van der Waals surface area (Å²) in [6, 6.07) is 0. The minimum Gasteiger partial charge on any atom is -0.396 e. The summed E-state index contributed by atoms with van der Waals surface area (Å²) in [6.07, 6.45) is 15.3. The minimum atomic E-state index is 0.351. The van der Waals surface area contributed by atoms with Crippen molar-refractivity contribution in [1.82, 2.24) is 0 Å². The molecule has 0 amide bonds. The highest BCUT2D eigenvalue weighted by Gasteiger charge is 2.32. The molecule has 2 nitrogen and oxygen atoms in total. The monoisotopic (exact) mass is 242 g/mol. The van der Waals surface area contributed by atoms with Crippen LogP contribution in [0.25, 0.3) is 0 Å². The second kappa shape index (κ2) is 8.93. The minimum absolute atomic E-state index is 0.351. The fraction of sp³-hybridized carbons (Fsp3) is 1.00. The third kappa shape index (κ3) is 5.87. The number of aliphatic hydroxyl groups is 2. The molecule has 1 saturated carbocycles. The average molecular weight is 242 g/mol. The first-order valence-corrected chi connectivity index (χ1v) is 7.55. The highest BCUT2D eigenvalue weighted by molar-refractivity contribution is 4.84. The highest BCUT2D eigenvalue weighted by Crippen LogP contribution is 2.46. The molecule has 2 heteroatoms. The van der Waals surface area contributed by atoms with Gasteiger partial charge in [-0.2, -0.15) is 0 Å². The van der Waals surface area contributed by atoms with E-state index in [1.807, 2.05) is 0 Å². The Balaban J connectivity index is 2.19. The van der Waals surface area contributed by atoms with Crippen LogP contribution in [-0.4, -0.2) is 23.4 Å². The Bertz CT molecular complexity index is 160. The highest BCUT2D eigenvalue weighted by atomic mass is 16.3. The van der Waals surface area contributed by atoms with Crippen molar-refractivity contribution < 1.29 is 10.2 Å². The maximum Gasteiger partial charge on any atom is 0.0431 e. The van der Waals surface area contributed by atoms with Crippen molar-refractivity contribution in [3.63, 3.8) is 0 Å². The molecule has 2 N–H and O–H groups in total. The molecule has 0 spiro atoms. The molecular formula is C15H30O2. The van der Waals surface area contributed by atoms with E-state index in [1.54, 1.807) is 0 Å². The summed E-state index contributed by atoms with van der Waals surface area (Å²) in [5, 5.41) is 17.6. The van der Waals surface area contributed by atoms with Gasteiger partial charge in [-0.3, -0.25) is 0 Å². The van der Waals surface area contributed by atoms with Crippen molar-refractivity contribution in [3.8, 4) is 0 Å². The second-order valence-corrected chi connectivity index (χ2v) is 5.78. The maximum atomic E-state index is 8.80. The van der Waals surface area contributed by atoms with Crippen molar-refractivity contribution in [2.24, 2.45) is 5.41 Å². The van der Waals surface area contributed by atoms with E-state index in [2.05, 4.69) is 0 Å². The van der Waals surface area contributed by atoms with Crippen LogP contribution in [0.2, 0.25) is 0 Å². The first-order chi connectivity index (χ1) is 8.33. The van der Waals surface area contributed by atoms with E-state index in [0.717, 1.165) is 12.8 Å². The van der Waals surface area contributed by atoms with E-state index in [0.29, 0.717) is 18.6 Å². The van der Waals surface area contributed by atoms with Crippen molar-refractivity contribution >= 4 is 0 Å². The van der Waals surface area contributed by atoms with Gasteiger partial charge >= 0.3 is 0 Å². The van der Waals surface area contributed by atoms with E-state index >= 15 is 0 Å². The second-order valence-electron chi connectivity index (χ2n) is 5.78. The van der Waals surface area contributed by atoms with Crippen LogP contribution in [0, 0.1) is 5.41 Å². The molecule has 0 unspecified atom stereocenters. The van der Waals surface area contributed by atoms with Gasteiger partial charge in [0.25, 0.3) is 0 Å². The molecule has 1 rings (SSSR count). The van der Waals surface area contributed by atoms with Gasteiger partial charge in [-0.05, 0) is 43.9 Å². The van der Waals surface area contributed by atoms with E-state index in [4.69, 9.17) is 10.2 Å². The molecule has 0 atom stereocenters. The Morgan fingerprint density at radius 3 is 1.53 bits per heavy atom. The zero-order valence-corrected chi connectivity index (χ0v) is 11.3. The quantitative estimate of drug-likeness (QED) is 0.574. The van der Waals surface area contributed by atoms with Crippen LogP contribution in [0.4, 0.5) is 0 Å². The summed E-state index contributed by atoms with van der Waals surface area (Å²) in [5.41, 5.74) is 0.630. The third-order valence-electron chi connectivity index (χ3n) is 4.39. The molecule has 0 aliphatic heterocycles. The lowest BCUT2D eigenvalue weighted by atomic mass is 9.76. The van der Waals surface area contributed by atoms with Gasteiger partial charge < -0.3 is 10.2 Å². The van der Waals surface area contributed by atoms with Crippen LogP contribution in [0.3, 0.4) is 0 Å². The molecule has 1 fully saturated rings. The zero-order valence-electron chi connectivity index (χ0n) is 11.3. The molecule has 0 saturated heterocycles. The predicted octanol–water partition coefficient (Wildman–Crippen LogP) is 3.65. The molecule has 0 aromatic carbocycles. The van der Waals surface area contributed by atoms with Crippen LogP contribution in [0.5, 0.6) is 0 Å². The van der Waals surface area contributed by atoms with Gasteiger partial charge in [0.2, 0.25) is 0 Å². The Morgan fingerprint density at radius 1 is 0.647 bits per heavy atom. The van der Waals surface area contributed by atoms with Crippen LogP contribution in [0.1, 0.15) is 77.0 Å². The Labute approximate surface area is 106 Å². The summed E-state index contributed by atoms with van der Waals surface area (Å²) in [7, 11) is 0. The molecule has 0 heterocycles. The van der Waals surface area contributed by atoms with Crippen LogP contribution < -0.4 is 0 Å². The Hall–Kier alpha value is -0.0800. The van der Waals surface area contributed by atoms with Crippen molar-refractivity contribution in [3.05, 3.63) is 0 Å². The number of aliphatic hydroxyl groups excluding tert-OH is 2. The topological polar surface area (TPSA) is 40.5 Å². The van der Waals surface area contributed by atoms with Crippen LogP contribution in [0.15, 0.2) is 0 Å². The fourth-order valence-corrected chi connectivity index (χ4v) is 3.33. The van der Waals surface area contributed by atoms with Gasteiger partial charge in [0.15, 0.2) is 0 Å². The molecule has 17 heavy (non-hydrogen) atoms. The average Bonchev–Trinajstić information content (AvgIpc) is 2.80. The molecule has 102 valence electrons.